The van der Waals surface area contributed by atoms with Crippen molar-refractivity contribution in [2.45, 2.75) is 57.6 Å². The van der Waals surface area contributed by atoms with Gasteiger partial charge in [-0.3, -0.25) is 4.79 Å². The number of nitrogens with zero attached hydrogens (tertiary/aromatic N) is 1. The van der Waals surface area contributed by atoms with Crippen molar-refractivity contribution in [1.82, 2.24) is 4.90 Å². The Morgan fingerprint density at radius 2 is 1.80 bits per heavy atom. The number of aryl methyl sites for hydroxylation is 1. The second-order valence-corrected chi connectivity index (χ2v) is 5.77. The molecule has 1 aliphatic rings. The third kappa shape index (κ3) is 3.60. The molecule has 3 heteroatoms. The predicted octanol–water partition coefficient (Wildman–Crippen LogP) is 2.55. The number of hydrogen-bond acceptors (Lipinski definition) is 2. The van der Waals surface area contributed by atoms with Gasteiger partial charge < -0.3 is 10.0 Å². The summed E-state index contributed by atoms with van der Waals surface area (Å²) in [4.78, 5) is 14.1. The summed E-state index contributed by atoms with van der Waals surface area (Å²) in [5.41, 5.74) is 2.33. The highest BCUT2D eigenvalue weighted by molar-refractivity contribution is 5.78. The fraction of sp³-hybridized carbons (Fsp3) is 0.588. The number of amides is 1. The molecular weight excluding hydrogens is 250 g/mol. The summed E-state index contributed by atoms with van der Waals surface area (Å²) in [6.45, 7) is 2.12. The molecule has 0 unspecified atom stereocenters. The second-order valence-electron chi connectivity index (χ2n) is 5.77. The molecule has 0 radical (unpaired) electrons. The molecule has 1 aromatic rings. The Morgan fingerprint density at radius 1 is 1.20 bits per heavy atom. The molecule has 0 aliphatic heterocycles. The van der Waals surface area contributed by atoms with Crippen molar-refractivity contribution in [3.05, 3.63) is 35.4 Å². The summed E-state index contributed by atoms with van der Waals surface area (Å²) < 4.78 is 0. The Hall–Kier alpha value is -1.35. The average Bonchev–Trinajstić information content (AvgIpc) is 2.48. The molecule has 1 amide bonds. The number of aliphatic hydroxyl groups excluding tert-OH is 1. The number of carbonyl (C=O) groups excluding carboxylic acids is 1. The van der Waals surface area contributed by atoms with Crippen LogP contribution in [0.4, 0.5) is 0 Å². The van der Waals surface area contributed by atoms with Crippen LogP contribution < -0.4 is 0 Å². The highest BCUT2D eigenvalue weighted by Gasteiger charge is 2.29. The number of rotatable bonds is 4. The molecule has 1 N–H and O–H groups in total. The van der Waals surface area contributed by atoms with E-state index in [4.69, 9.17) is 0 Å². The standard InChI is InChI=1S/C17H25NO2/c1-3-13-8-10-14(11-9-13)12-17(20)18(2)15-6-4-5-7-16(15)19/h8-11,15-16,19H,3-7,12H2,1-2H3/t15-,16-/m1/s1. The summed E-state index contributed by atoms with van der Waals surface area (Å²) in [5, 5.41) is 10.0. The van der Waals surface area contributed by atoms with E-state index >= 15 is 0 Å². The van der Waals surface area contributed by atoms with E-state index < -0.39 is 0 Å². The minimum atomic E-state index is -0.361. The van der Waals surface area contributed by atoms with Gasteiger partial charge >= 0.3 is 0 Å². The van der Waals surface area contributed by atoms with Crippen LogP contribution >= 0.6 is 0 Å². The van der Waals surface area contributed by atoms with Gasteiger partial charge in [0.2, 0.25) is 5.91 Å². The number of carbonyl (C=O) groups is 1. The Kier molecular flexibility index (Phi) is 5.18. The van der Waals surface area contributed by atoms with E-state index in [9.17, 15) is 9.90 Å². The SMILES string of the molecule is CCc1ccc(CC(=O)N(C)[C@@H]2CCCC[C@H]2O)cc1. The van der Waals surface area contributed by atoms with Gasteiger partial charge in [-0.2, -0.15) is 0 Å². The second kappa shape index (κ2) is 6.89. The quantitative estimate of drug-likeness (QED) is 0.917. The zero-order valence-electron chi connectivity index (χ0n) is 12.5. The topological polar surface area (TPSA) is 40.5 Å². The zero-order valence-corrected chi connectivity index (χ0v) is 12.5. The lowest BCUT2D eigenvalue weighted by atomic mass is 9.91. The van der Waals surface area contributed by atoms with Gasteiger partial charge in [0.05, 0.1) is 18.6 Å². The van der Waals surface area contributed by atoms with Gasteiger partial charge in [0.1, 0.15) is 0 Å². The van der Waals surface area contributed by atoms with E-state index in [-0.39, 0.29) is 18.1 Å². The van der Waals surface area contributed by atoms with E-state index in [2.05, 4.69) is 19.1 Å². The number of aliphatic hydroxyl groups is 1. The first-order valence-electron chi connectivity index (χ1n) is 7.63. The maximum absolute atomic E-state index is 12.3. The fourth-order valence-corrected chi connectivity index (χ4v) is 2.92. The van der Waals surface area contributed by atoms with Crippen molar-refractivity contribution in [1.29, 1.82) is 0 Å². The van der Waals surface area contributed by atoms with Crippen molar-refractivity contribution < 1.29 is 9.90 Å². The van der Waals surface area contributed by atoms with Crippen molar-refractivity contribution in [3.8, 4) is 0 Å². The Labute approximate surface area is 121 Å². The normalized spacial score (nSPS) is 22.6. The summed E-state index contributed by atoms with van der Waals surface area (Å²) in [7, 11) is 1.82. The Morgan fingerprint density at radius 3 is 2.40 bits per heavy atom. The Bertz CT molecular complexity index is 441. The first-order chi connectivity index (χ1) is 9.61. The summed E-state index contributed by atoms with van der Waals surface area (Å²) in [6, 6.07) is 8.21. The van der Waals surface area contributed by atoms with Crippen molar-refractivity contribution in [3.63, 3.8) is 0 Å². The molecule has 1 aliphatic carbocycles. The van der Waals surface area contributed by atoms with E-state index in [0.717, 1.165) is 37.7 Å². The Balaban J connectivity index is 1.95. The van der Waals surface area contributed by atoms with Crippen LogP contribution in [0.15, 0.2) is 24.3 Å². The molecule has 1 fully saturated rings. The van der Waals surface area contributed by atoms with Crippen LogP contribution in [0.5, 0.6) is 0 Å². The van der Waals surface area contributed by atoms with Gasteiger partial charge in [-0.25, -0.2) is 0 Å². The number of hydrogen-bond donors (Lipinski definition) is 1. The van der Waals surface area contributed by atoms with Crippen LogP contribution in [0.2, 0.25) is 0 Å². The summed E-state index contributed by atoms with van der Waals surface area (Å²) in [5.74, 6) is 0.0974. The first kappa shape index (κ1) is 15.0. The van der Waals surface area contributed by atoms with E-state index in [1.54, 1.807) is 4.90 Å². The zero-order chi connectivity index (χ0) is 14.5. The van der Waals surface area contributed by atoms with Gasteiger partial charge in [-0.15, -0.1) is 0 Å². The molecule has 20 heavy (non-hydrogen) atoms. The van der Waals surface area contributed by atoms with Crippen LogP contribution in [0, 0.1) is 0 Å². The molecule has 1 aromatic carbocycles. The van der Waals surface area contributed by atoms with Gasteiger partial charge in [0.15, 0.2) is 0 Å². The van der Waals surface area contributed by atoms with Crippen LogP contribution in [-0.4, -0.2) is 35.1 Å². The molecule has 0 bridgehead atoms. The molecule has 1 saturated carbocycles. The van der Waals surface area contributed by atoms with Gasteiger partial charge in [0, 0.05) is 7.05 Å². The smallest absolute Gasteiger partial charge is 0.227 e. The lowest BCUT2D eigenvalue weighted by Gasteiger charge is -2.35. The van der Waals surface area contributed by atoms with Crippen LogP contribution in [-0.2, 0) is 17.6 Å². The summed E-state index contributed by atoms with van der Waals surface area (Å²) >= 11 is 0. The first-order valence-corrected chi connectivity index (χ1v) is 7.63. The highest BCUT2D eigenvalue weighted by Crippen LogP contribution is 2.23. The summed E-state index contributed by atoms with van der Waals surface area (Å²) in [6.07, 6.45) is 4.97. The minimum Gasteiger partial charge on any atom is -0.391 e. The molecular formula is C17H25NO2. The molecule has 2 rings (SSSR count). The third-order valence-corrected chi connectivity index (χ3v) is 4.37. The highest BCUT2D eigenvalue weighted by atomic mass is 16.3. The number of likely N-dealkylation sites (N-methyl/N-ethyl adjacent to an activating group) is 1. The molecule has 0 saturated heterocycles. The predicted molar refractivity (Wildman–Crippen MR) is 80.6 cm³/mol. The van der Waals surface area contributed by atoms with E-state index in [0.29, 0.717) is 6.42 Å². The van der Waals surface area contributed by atoms with Crippen molar-refractivity contribution in [2.75, 3.05) is 7.05 Å². The van der Waals surface area contributed by atoms with Gasteiger partial charge in [0.25, 0.3) is 0 Å². The minimum absolute atomic E-state index is 0.00818. The molecule has 2 atom stereocenters. The van der Waals surface area contributed by atoms with Crippen molar-refractivity contribution >= 4 is 5.91 Å². The average molecular weight is 275 g/mol. The maximum atomic E-state index is 12.3. The molecule has 3 nitrogen and oxygen atoms in total. The largest absolute Gasteiger partial charge is 0.391 e. The molecule has 110 valence electrons. The lowest BCUT2D eigenvalue weighted by Crippen LogP contribution is -2.46. The fourth-order valence-electron chi connectivity index (χ4n) is 2.92. The van der Waals surface area contributed by atoms with Crippen LogP contribution in [0.25, 0.3) is 0 Å². The van der Waals surface area contributed by atoms with Crippen LogP contribution in [0.3, 0.4) is 0 Å². The third-order valence-electron chi connectivity index (χ3n) is 4.37. The van der Waals surface area contributed by atoms with E-state index in [1.807, 2.05) is 19.2 Å². The van der Waals surface area contributed by atoms with Gasteiger partial charge in [-0.05, 0) is 30.4 Å². The monoisotopic (exact) mass is 275 g/mol. The number of benzene rings is 1. The maximum Gasteiger partial charge on any atom is 0.227 e. The molecule has 0 heterocycles. The lowest BCUT2D eigenvalue weighted by molar-refractivity contribution is -0.134. The van der Waals surface area contributed by atoms with E-state index in [1.165, 1.54) is 5.56 Å². The van der Waals surface area contributed by atoms with Crippen molar-refractivity contribution in [2.24, 2.45) is 0 Å². The van der Waals surface area contributed by atoms with Gasteiger partial charge in [-0.1, -0.05) is 44.0 Å². The molecule has 0 spiro atoms. The van der Waals surface area contributed by atoms with Crippen LogP contribution in [0.1, 0.15) is 43.7 Å². The molecule has 0 aromatic heterocycles.